The molecule has 1 aromatic carbocycles. The van der Waals surface area contributed by atoms with E-state index in [0.29, 0.717) is 0 Å². The van der Waals surface area contributed by atoms with Gasteiger partial charge in [0.1, 0.15) is 0 Å². The Morgan fingerprint density at radius 2 is 0.812 bits per heavy atom. The number of unbranched alkanes of at least 4 members (excludes halogenated alkanes) is 12. The molecular formula is C31H58P+. The predicted molar refractivity (Wildman–Crippen MR) is 152 cm³/mol. The Morgan fingerprint density at radius 1 is 0.438 bits per heavy atom. The standard InChI is InChI=1S/C31H58P/c1-5-9-13-14-15-16-17-18-19-20-21-30-22-24-31(25-23-30)29-32(26-10-6-2,27-11-7-3)28-12-8-4/h22-25H,5-21,26-29H2,1-4H3/q+1. The van der Waals surface area contributed by atoms with Crippen LogP contribution in [0.15, 0.2) is 24.3 Å². The Bertz CT molecular complexity index is 496. The summed E-state index contributed by atoms with van der Waals surface area (Å²) < 4.78 is 0. The molecule has 0 bridgehead atoms. The van der Waals surface area contributed by atoms with Crippen molar-refractivity contribution in [3.8, 4) is 0 Å². The highest BCUT2D eigenvalue weighted by atomic mass is 31.2. The van der Waals surface area contributed by atoms with Crippen LogP contribution in [0.4, 0.5) is 0 Å². The summed E-state index contributed by atoms with van der Waals surface area (Å²) in [7, 11) is -0.829. The fourth-order valence-corrected chi connectivity index (χ4v) is 10.2. The fraction of sp³-hybridized carbons (Fsp3) is 0.806. The summed E-state index contributed by atoms with van der Waals surface area (Å²) in [5, 5.41) is 0. The molecule has 1 heteroatoms. The van der Waals surface area contributed by atoms with Crippen LogP contribution in [0.2, 0.25) is 0 Å². The minimum atomic E-state index is -0.829. The molecule has 0 amide bonds. The van der Waals surface area contributed by atoms with E-state index in [0.717, 1.165) is 0 Å². The maximum absolute atomic E-state index is 2.49. The lowest BCUT2D eigenvalue weighted by molar-refractivity contribution is 0.556. The summed E-state index contributed by atoms with van der Waals surface area (Å²) in [5.41, 5.74) is 3.20. The van der Waals surface area contributed by atoms with Crippen molar-refractivity contribution in [2.24, 2.45) is 0 Å². The first-order valence-corrected chi connectivity index (χ1v) is 17.2. The van der Waals surface area contributed by atoms with Crippen molar-refractivity contribution in [3.63, 3.8) is 0 Å². The van der Waals surface area contributed by atoms with E-state index < -0.39 is 7.26 Å². The second kappa shape index (κ2) is 20.1. The number of hydrogen-bond donors (Lipinski definition) is 0. The molecule has 0 aliphatic rings. The summed E-state index contributed by atoms with van der Waals surface area (Å²) in [6.07, 6.45) is 30.0. The van der Waals surface area contributed by atoms with Crippen molar-refractivity contribution in [3.05, 3.63) is 35.4 Å². The van der Waals surface area contributed by atoms with Crippen LogP contribution < -0.4 is 0 Å². The molecule has 0 nitrogen and oxygen atoms in total. The number of rotatable bonds is 22. The van der Waals surface area contributed by atoms with E-state index in [1.807, 2.05) is 0 Å². The molecule has 1 aromatic rings. The zero-order valence-electron chi connectivity index (χ0n) is 22.6. The zero-order chi connectivity index (χ0) is 23.3. The van der Waals surface area contributed by atoms with Gasteiger partial charge in [0.25, 0.3) is 0 Å². The van der Waals surface area contributed by atoms with Crippen molar-refractivity contribution in [2.45, 2.75) is 143 Å². The van der Waals surface area contributed by atoms with Crippen molar-refractivity contribution < 1.29 is 0 Å². The maximum atomic E-state index is 2.49. The predicted octanol–water partition coefficient (Wildman–Crippen LogP) is 11.1. The van der Waals surface area contributed by atoms with E-state index in [2.05, 4.69) is 52.0 Å². The van der Waals surface area contributed by atoms with E-state index in [1.54, 1.807) is 11.1 Å². The molecule has 0 radical (unpaired) electrons. The first-order chi connectivity index (χ1) is 15.7. The third kappa shape index (κ3) is 14.0. The van der Waals surface area contributed by atoms with Crippen LogP contribution in [-0.4, -0.2) is 18.5 Å². The van der Waals surface area contributed by atoms with Gasteiger partial charge in [-0.25, -0.2) is 0 Å². The molecule has 0 spiro atoms. The van der Waals surface area contributed by atoms with E-state index in [4.69, 9.17) is 0 Å². The van der Waals surface area contributed by atoms with Gasteiger partial charge in [0.2, 0.25) is 0 Å². The molecule has 32 heavy (non-hydrogen) atoms. The molecule has 0 heterocycles. The van der Waals surface area contributed by atoms with Crippen molar-refractivity contribution in [2.75, 3.05) is 18.5 Å². The molecular weight excluding hydrogens is 403 g/mol. The monoisotopic (exact) mass is 461 g/mol. The van der Waals surface area contributed by atoms with Crippen LogP contribution in [0.5, 0.6) is 0 Å². The van der Waals surface area contributed by atoms with E-state index in [-0.39, 0.29) is 0 Å². The van der Waals surface area contributed by atoms with E-state index in [1.165, 1.54) is 134 Å². The minimum Gasteiger partial charge on any atom is -0.0654 e. The normalized spacial score (nSPS) is 11.9. The van der Waals surface area contributed by atoms with Gasteiger partial charge in [-0.3, -0.25) is 0 Å². The highest BCUT2D eigenvalue weighted by Crippen LogP contribution is 2.63. The Kier molecular flexibility index (Phi) is 18.6. The van der Waals surface area contributed by atoms with E-state index in [9.17, 15) is 0 Å². The minimum absolute atomic E-state index is 0.829. The summed E-state index contributed by atoms with van der Waals surface area (Å²) in [6, 6.07) is 9.89. The summed E-state index contributed by atoms with van der Waals surface area (Å²) in [6.45, 7) is 9.42. The Balaban J connectivity index is 2.42. The molecule has 0 aromatic heterocycles. The van der Waals surface area contributed by atoms with Gasteiger partial charge < -0.3 is 0 Å². The maximum Gasteiger partial charge on any atom is 0.0842 e. The first kappa shape index (κ1) is 29.7. The Labute approximate surface area is 204 Å². The van der Waals surface area contributed by atoms with Gasteiger partial charge in [-0.15, -0.1) is 0 Å². The second-order valence-electron chi connectivity index (χ2n) is 10.5. The van der Waals surface area contributed by atoms with Crippen LogP contribution in [0.3, 0.4) is 0 Å². The van der Waals surface area contributed by atoms with Crippen molar-refractivity contribution in [1.29, 1.82) is 0 Å². The average Bonchev–Trinajstić information content (AvgIpc) is 2.82. The molecule has 0 fully saturated rings. The molecule has 0 atom stereocenters. The van der Waals surface area contributed by atoms with Gasteiger partial charge in [-0.2, -0.15) is 0 Å². The van der Waals surface area contributed by atoms with Crippen LogP contribution >= 0.6 is 7.26 Å². The molecule has 0 aliphatic carbocycles. The SMILES string of the molecule is CCCCCCCCCCCCc1ccc(C[P+](CCCC)(CCCC)CCCC)cc1. The number of benzene rings is 1. The molecule has 0 saturated carbocycles. The van der Waals surface area contributed by atoms with Crippen LogP contribution in [0.1, 0.15) is 142 Å². The third-order valence-corrected chi connectivity index (χ3v) is 12.1. The highest BCUT2D eigenvalue weighted by molar-refractivity contribution is 7.75. The highest BCUT2D eigenvalue weighted by Gasteiger charge is 2.35. The topological polar surface area (TPSA) is 0 Å². The zero-order valence-corrected chi connectivity index (χ0v) is 23.5. The van der Waals surface area contributed by atoms with Gasteiger partial charge in [0, 0.05) is 7.26 Å². The van der Waals surface area contributed by atoms with Gasteiger partial charge in [0.05, 0.1) is 24.6 Å². The van der Waals surface area contributed by atoms with Gasteiger partial charge in [0.15, 0.2) is 0 Å². The summed E-state index contributed by atoms with van der Waals surface area (Å²) in [4.78, 5) is 0. The number of hydrogen-bond acceptors (Lipinski definition) is 0. The fourth-order valence-electron chi connectivity index (χ4n) is 5.07. The van der Waals surface area contributed by atoms with Crippen molar-refractivity contribution in [1.82, 2.24) is 0 Å². The lowest BCUT2D eigenvalue weighted by Gasteiger charge is -2.28. The number of aryl methyl sites for hydroxylation is 1. The third-order valence-electron chi connectivity index (χ3n) is 7.32. The molecule has 0 unspecified atom stereocenters. The Morgan fingerprint density at radius 3 is 1.25 bits per heavy atom. The van der Waals surface area contributed by atoms with Crippen molar-refractivity contribution >= 4 is 7.26 Å². The largest absolute Gasteiger partial charge is 0.0842 e. The van der Waals surface area contributed by atoms with Gasteiger partial charge in [-0.05, 0) is 43.2 Å². The van der Waals surface area contributed by atoms with Gasteiger partial charge in [-0.1, -0.05) is 129 Å². The lowest BCUT2D eigenvalue weighted by Crippen LogP contribution is -2.11. The first-order valence-electron chi connectivity index (χ1n) is 14.6. The molecule has 186 valence electrons. The van der Waals surface area contributed by atoms with Gasteiger partial charge >= 0.3 is 0 Å². The molecule has 0 N–H and O–H groups in total. The molecule has 0 aliphatic heterocycles. The second-order valence-corrected chi connectivity index (χ2v) is 14.8. The molecule has 1 rings (SSSR count). The van der Waals surface area contributed by atoms with Crippen LogP contribution in [0.25, 0.3) is 0 Å². The quantitative estimate of drug-likeness (QED) is 0.119. The molecule has 0 saturated heterocycles. The summed E-state index contributed by atoms with van der Waals surface area (Å²) in [5.74, 6) is 0. The smallest absolute Gasteiger partial charge is 0.0654 e. The lowest BCUT2D eigenvalue weighted by atomic mass is 10.0. The van der Waals surface area contributed by atoms with E-state index >= 15 is 0 Å². The Hall–Kier alpha value is -0.350. The average molecular weight is 462 g/mol. The van der Waals surface area contributed by atoms with Crippen LogP contribution in [-0.2, 0) is 12.6 Å². The van der Waals surface area contributed by atoms with Crippen LogP contribution in [0, 0.1) is 0 Å². The summed E-state index contributed by atoms with van der Waals surface area (Å²) >= 11 is 0.